The van der Waals surface area contributed by atoms with E-state index in [0.29, 0.717) is 5.02 Å². The number of hydrogen-bond donors (Lipinski definition) is 0. The molecule has 0 amide bonds. The molecule has 0 saturated heterocycles. The van der Waals surface area contributed by atoms with Crippen LogP contribution < -0.4 is 0 Å². The van der Waals surface area contributed by atoms with E-state index in [1.165, 1.54) is 0 Å². The molecule has 0 aliphatic heterocycles. The molecule has 2 rings (SSSR count). The molecule has 1 nitrogen and oxygen atoms in total. The number of benzene rings is 2. The maximum Gasteiger partial charge on any atom is 0.0351 e. The second-order valence-corrected chi connectivity index (χ2v) is 4.91. The Morgan fingerprint density at radius 3 is 2.00 bits per heavy atom. The zero-order chi connectivity index (χ0) is 18.4. The third-order valence-electron chi connectivity index (χ3n) is 2.88. The Balaban J connectivity index is 0. The summed E-state index contributed by atoms with van der Waals surface area (Å²) in [4.78, 5) is 0. The molecule has 0 aromatic heterocycles. The van der Waals surface area contributed by atoms with Crippen LogP contribution in [-0.4, -0.2) is 14.2 Å². The third-order valence-corrected chi connectivity index (χ3v) is 3.19. The fourth-order valence-corrected chi connectivity index (χ4v) is 2.24. The van der Waals surface area contributed by atoms with Gasteiger partial charge in [-0.3, -0.25) is 0 Å². The quantitative estimate of drug-likeness (QED) is 0.380. The number of methoxy groups -OCH3 is 1. The summed E-state index contributed by atoms with van der Waals surface area (Å²) in [6.07, 6.45) is 6.20. The molecule has 2 aromatic carbocycles. The predicted molar refractivity (Wildman–Crippen MR) is 107 cm³/mol. The van der Waals surface area contributed by atoms with E-state index in [4.69, 9.17) is 11.6 Å². The van der Waals surface area contributed by atoms with Crippen molar-refractivity contribution in [2.24, 2.45) is 0 Å². The third kappa shape index (κ3) is 8.97. The maximum absolute atomic E-state index is 6.27. The summed E-state index contributed by atoms with van der Waals surface area (Å²) in [7, 11) is 3.25. The van der Waals surface area contributed by atoms with Crippen LogP contribution in [0.4, 0.5) is 0 Å². The monoisotopic (exact) mass is 431 g/mol. The van der Waals surface area contributed by atoms with Crippen LogP contribution in [0, 0.1) is 12.1 Å². The molecule has 3 heteroatoms. The Morgan fingerprint density at radius 2 is 1.52 bits per heavy atom. The van der Waals surface area contributed by atoms with E-state index in [2.05, 4.69) is 35.1 Å². The molecule has 0 bridgehead atoms. The summed E-state index contributed by atoms with van der Waals surface area (Å²) in [5, 5.41) is 0.696. The molecule has 0 unspecified atom stereocenters. The average molecular weight is 432 g/mol. The van der Waals surface area contributed by atoms with Gasteiger partial charge in [-0.2, -0.15) is 35.9 Å². The van der Waals surface area contributed by atoms with Crippen molar-refractivity contribution in [1.82, 2.24) is 0 Å². The zero-order valence-electron chi connectivity index (χ0n) is 16.1. The van der Waals surface area contributed by atoms with Crippen LogP contribution >= 0.6 is 11.6 Å². The van der Waals surface area contributed by atoms with Crippen LogP contribution in [0.25, 0.3) is 16.7 Å². The van der Waals surface area contributed by atoms with Gasteiger partial charge >= 0.3 is 0 Å². The second kappa shape index (κ2) is 16.7. The van der Waals surface area contributed by atoms with Crippen molar-refractivity contribution in [2.75, 3.05) is 14.2 Å². The van der Waals surface area contributed by atoms with Crippen molar-refractivity contribution < 1.29 is 37.4 Å². The Morgan fingerprint density at radius 1 is 1.00 bits per heavy atom. The minimum absolute atomic E-state index is 0. The van der Waals surface area contributed by atoms with Crippen LogP contribution in [0.2, 0.25) is 5.02 Å². The molecule has 0 aliphatic rings. The van der Waals surface area contributed by atoms with Gasteiger partial charge < -0.3 is 4.74 Å². The van der Waals surface area contributed by atoms with E-state index in [1.807, 2.05) is 64.1 Å². The van der Waals surface area contributed by atoms with Gasteiger partial charge in [0, 0.05) is 46.9 Å². The van der Waals surface area contributed by atoms with E-state index in [-0.39, 0.29) is 32.7 Å². The molecule has 2 aromatic rings. The molecular formula is C22H27ClOY-2. The molecule has 0 aliphatic carbocycles. The Bertz CT molecular complexity index is 648. The first-order valence-corrected chi connectivity index (χ1v) is 8.44. The number of ether oxygens (including phenoxy) is 1. The molecule has 0 heterocycles. The van der Waals surface area contributed by atoms with Crippen molar-refractivity contribution >= 4 is 17.2 Å². The summed E-state index contributed by atoms with van der Waals surface area (Å²) in [5.41, 5.74) is 4.15. The van der Waals surface area contributed by atoms with Gasteiger partial charge in [-0.25, -0.2) is 11.1 Å². The van der Waals surface area contributed by atoms with Gasteiger partial charge in [-0.05, 0) is 13.8 Å². The van der Waals surface area contributed by atoms with E-state index in [9.17, 15) is 0 Å². The van der Waals surface area contributed by atoms with Crippen molar-refractivity contribution in [2.45, 2.75) is 27.7 Å². The van der Waals surface area contributed by atoms with Crippen molar-refractivity contribution in [3.8, 4) is 11.1 Å². The van der Waals surface area contributed by atoms with Crippen molar-refractivity contribution in [1.29, 1.82) is 0 Å². The number of halogens is 1. The van der Waals surface area contributed by atoms with Gasteiger partial charge in [0.25, 0.3) is 0 Å². The van der Waals surface area contributed by atoms with Gasteiger partial charge in [0.15, 0.2) is 0 Å². The minimum atomic E-state index is 0. The summed E-state index contributed by atoms with van der Waals surface area (Å²) in [5.74, 6) is 0. The molecule has 0 fully saturated rings. The average Bonchev–Trinajstić information content (AvgIpc) is 2.63. The second-order valence-electron chi connectivity index (χ2n) is 4.50. The molecule has 0 saturated carbocycles. The van der Waals surface area contributed by atoms with Gasteiger partial charge in [0.2, 0.25) is 0 Å². The Hall–Kier alpha value is -0.726. The van der Waals surface area contributed by atoms with Gasteiger partial charge in [-0.15, -0.1) is 29.8 Å². The van der Waals surface area contributed by atoms with E-state index in [0.717, 1.165) is 22.3 Å². The normalized spacial score (nSPS) is 10.1. The first kappa shape index (κ1) is 26.5. The molecule has 25 heavy (non-hydrogen) atoms. The molecule has 0 atom stereocenters. The number of allylic oxidation sites excluding steroid dienone is 4. The van der Waals surface area contributed by atoms with Crippen molar-refractivity contribution in [3.63, 3.8) is 0 Å². The van der Waals surface area contributed by atoms with E-state index >= 15 is 0 Å². The number of hydrogen-bond acceptors (Lipinski definition) is 1. The summed E-state index contributed by atoms with van der Waals surface area (Å²) < 4.78 is 4.25. The Labute approximate surface area is 184 Å². The topological polar surface area (TPSA) is 9.23 Å². The molecule has 0 spiro atoms. The smallest absolute Gasteiger partial charge is 0.0351 e. The summed E-state index contributed by atoms with van der Waals surface area (Å²) in [6.45, 7) is 8.04. The first-order chi connectivity index (χ1) is 11.7. The Kier molecular flexibility index (Phi) is 17.7. The fourth-order valence-electron chi connectivity index (χ4n) is 2.01. The standard InChI is InChI=1S/C18H15Cl.C2H6O.C2H6.Y/c1-3-9-14(4-2)15-10-5-6-11-16(15)17-12-7-8-13-18(17)19;1-3-2;1-2;/h3-10,13H,1-2H3;1-2H3;1-2H3;/q-2;;;/b9-3-,14-4+;;;. The first-order valence-electron chi connectivity index (χ1n) is 8.06. The predicted octanol–water partition coefficient (Wildman–Crippen LogP) is 6.87. The van der Waals surface area contributed by atoms with E-state index in [1.54, 1.807) is 14.2 Å². The van der Waals surface area contributed by atoms with Crippen LogP contribution in [0.1, 0.15) is 33.3 Å². The van der Waals surface area contributed by atoms with Gasteiger partial charge in [0.1, 0.15) is 0 Å². The molecule has 1 radical (unpaired) electrons. The van der Waals surface area contributed by atoms with Crippen LogP contribution in [-0.2, 0) is 37.4 Å². The number of rotatable bonds is 3. The largest absolute Gasteiger partial charge is 0.388 e. The summed E-state index contributed by atoms with van der Waals surface area (Å²) >= 11 is 6.27. The molecule has 0 N–H and O–H groups in total. The molecule has 133 valence electrons. The SMILES string of the molecule is C/C=C\C(=C/C)c1ccc[c-]c1-c1[c-]cccc1Cl.CC.COC.[Y]. The van der Waals surface area contributed by atoms with Crippen LogP contribution in [0.3, 0.4) is 0 Å². The summed E-state index contributed by atoms with van der Waals surface area (Å²) in [6, 6.07) is 18.1. The van der Waals surface area contributed by atoms with Crippen molar-refractivity contribution in [3.05, 3.63) is 77.3 Å². The van der Waals surface area contributed by atoms with Crippen LogP contribution in [0.15, 0.2) is 54.6 Å². The maximum atomic E-state index is 6.27. The van der Waals surface area contributed by atoms with Gasteiger partial charge in [-0.1, -0.05) is 42.7 Å². The zero-order valence-corrected chi connectivity index (χ0v) is 19.7. The van der Waals surface area contributed by atoms with E-state index < -0.39 is 0 Å². The van der Waals surface area contributed by atoms with Gasteiger partial charge in [0.05, 0.1) is 0 Å². The minimum Gasteiger partial charge on any atom is -0.388 e. The molecular weight excluding hydrogens is 405 g/mol. The fraction of sp³-hybridized carbons (Fsp3) is 0.273. The van der Waals surface area contributed by atoms with Crippen LogP contribution in [0.5, 0.6) is 0 Å².